The van der Waals surface area contributed by atoms with Crippen molar-refractivity contribution in [1.82, 2.24) is 19.9 Å². The van der Waals surface area contributed by atoms with Crippen LogP contribution in [0.3, 0.4) is 0 Å². The molecule has 0 spiro atoms. The Bertz CT molecular complexity index is 716. The number of nitrogens with one attached hydrogen (secondary N) is 1. The van der Waals surface area contributed by atoms with E-state index < -0.39 is 0 Å². The number of nitrogens with zero attached hydrogens (tertiary/aromatic N) is 3. The summed E-state index contributed by atoms with van der Waals surface area (Å²) in [6.45, 7) is 7.11. The number of thiazole rings is 1. The van der Waals surface area contributed by atoms with Crippen molar-refractivity contribution in [3.05, 3.63) is 59.6 Å². The highest BCUT2D eigenvalue weighted by atomic mass is 32.1. The van der Waals surface area contributed by atoms with Gasteiger partial charge in [0, 0.05) is 36.4 Å². The van der Waals surface area contributed by atoms with Crippen LogP contribution >= 0.6 is 11.3 Å². The van der Waals surface area contributed by atoms with E-state index in [2.05, 4.69) is 58.4 Å². The summed E-state index contributed by atoms with van der Waals surface area (Å²) in [4.78, 5) is 8.80. The van der Waals surface area contributed by atoms with Crippen molar-refractivity contribution in [2.45, 2.75) is 26.9 Å². The summed E-state index contributed by atoms with van der Waals surface area (Å²) in [7, 11) is 0. The van der Waals surface area contributed by atoms with Crippen LogP contribution in [0.2, 0.25) is 0 Å². The predicted molar refractivity (Wildman–Crippen MR) is 95.4 cm³/mol. The van der Waals surface area contributed by atoms with Gasteiger partial charge in [-0.3, -0.25) is 0 Å². The van der Waals surface area contributed by atoms with E-state index in [0.29, 0.717) is 5.92 Å². The first-order chi connectivity index (χ1) is 11.2. The maximum atomic E-state index is 4.72. The quantitative estimate of drug-likeness (QED) is 0.719. The van der Waals surface area contributed by atoms with Crippen LogP contribution in [0.15, 0.2) is 48.4 Å². The Hall–Kier alpha value is -1.98. The molecule has 0 aliphatic heterocycles. The van der Waals surface area contributed by atoms with Gasteiger partial charge in [0.15, 0.2) is 0 Å². The van der Waals surface area contributed by atoms with Crippen LogP contribution in [-0.4, -0.2) is 21.1 Å². The predicted octanol–water partition coefficient (Wildman–Crippen LogP) is 3.74. The van der Waals surface area contributed by atoms with Crippen LogP contribution in [-0.2, 0) is 13.1 Å². The number of hydrogen-bond acceptors (Lipinski definition) is 4. The molecule has 0 aliphatic rings. The molecule has 23 heavy (non-hydrogen) atoms. The van der Waals surface area contributed by atoms with Crippen molar-refractivity contribution in [3.63, 3.8) is 0 Å². The van der Waals surface area contributed by atoms with Crippen LogP contribution in [0, 0.1) is 12.8 Å². The molecule has 0 fully saturated rings. The topological polar surface area (TPSA) is 42.7 Å². The molecule has 5 heteroatoms. The van der Waals surface area contributed by atoms with Crippen LogP contribution in [0.25, 0.3) is 10.6 Å². The molecule has 3 rings (SSSR count). The van der Waals surface area contributed by atoms with E-state index in [9.17, 15) is 0 Å². The standard InChI is InChI=1S/C18H22N4S/c1-14-3-5-16(6-4-14)18-21-17(12-23-18)10-20-9-15(2)11-22-8-7-19-13-22/h3-8,12-13,15,20H,9-11H2,1-2H3. The fourth-order valence-electron chi connectivity index (χ4n) is 2.48. The summed E-state index contributed by atoms with van der Waals surface area (Å²) < 4.78 is 2.12. The Morgan fingerprint density at radius 2 is 2.09 bits per heavy atom. The molecular weight excluding hydrogens is 304 g/mol. The average molecular weight is 326 g/mol. The average Bonchev–Trinajstić information content (AvgIpc) is 3.20. The Kier molecular flexibility index (Phi) is 5.20. The number of aryl methyl sites for hydroxylation is 1. The molecule has 3 aromatic rings. The van der Waals surface area contributed by atoms with Crippen LogP contribution in [0.5, 0.6) is 0 Å². The molecule has 1 aromatic carbocycles. The third kappa shape index (κ3) is 4.50. The number of hydrogen-bond donors (Lipinski definition) is 1. The molecule has 0 amide bonds. The highest BCUT2D eigenvalue weighted by molar-refractivity contribution is 7.13. The first kappa shape index (κ1) is 15.9. The molecule has 0 saturated carbocycles. The second-order valence-electron chi connectivity index (χ2n) is 6.01. The molecular formula is C18H22N4S. The zero-order valence-corrected chi connectivity index (χ0v) is 14.4. The van der Waals surface area contributed by atoms with Crippen molar-refractivity contribution in [2.24, 2.45) is 5.92 Å². The summed E-state index contributed by atoms with van der Waals surface area (Å²) in [6.07, 6.45) is 5.69. The summed E-state index contributed by atoms with van der Waals surface area (Å²) in [5, 5.41) is 6.73. The molecule has 0 aliphatic carbocycles. The van der Waals surface area contributed by atoms with Gasteiger partial charge in [-0.1, -0.05) is 36.8 Å². The number of aromatic nitrogens is 3. The van der Waals surface area contributed by atoms with Gasteiger partial charge in [0.2, 0.25) is 0 Å². The second-order valence-corrected chi connectivity index (χ2v) is 6.86. The normalized spacial score (nSPS) is 12.4. The van der Waals surface area contributed by atoms with Gasteiger partial charge in [0.1, 0.15) is 5.01 Å². The molecule has 2 aromatic heterocycles. The van der Waals surface area contributed by atoms with Gasteiger partial charge < -0.3 is 9.88 Å². The van der Waals surface area contributed by atoms with Gasteiger partial charge in [-0.15, -0.1) is 11.3 Å². The van der Waals surface area contributed by atoms with Gasteiger partial charge in [-0.05, 0) is 19.4 Å². The van der Waals surface area contributed by atoms with Crippen LogP contribution in [0.1, 0.15) is 18.2 Å². The van der Waals surface area contributed by atoms with Crippen LogP contribution < -0.4 is 5.32 Å². The lowest BCUT2D eigenvalue weighted by atomic mass is 10.2. The van der Waals surface area contributed by atoms with E-state index in [0.717, 1.165) is 30.3 Å². The van der Waals surface area contributed by atoms with E-state index >= 15 is 0 Å². The molecule has 0 saturated heterocycles. The van der Waals surface area contributed by atoms with E-state index in [1.165, 1.54) is 11.1 Å². The highest BCUT2D eigenvalue weighted by Gasteiger charge is 2.06. The molecule has 2 heterocycles. The lowest BCUT2D eigenvalue weighted by Gasteiger charge is -2.12. The summed E-state index contributed by atoms with van der Waals surface area (Å²) in [5.74, 6) is 0.555. The molecule has 120 valence electrons. The Morgan fingerprint density at radius 3 is 2.83 bits per heavy atom. The van der Waals surface area contributed by atoms with Gasteiger partial charge in [-0.2, -0.15) is 0 Å². The largest absolute Gasteiger partial charge is 0.337 e. The summed E-state index contributed by atoms with van der Waals surface area (Å²) in [6, 6.07) is 8.54. The summed E-state index contributed by atoms with van der Waals surface area (Å²) in [5.41, 5.74) is 3.58. The van der Waals surface area contributed by atoms with Crippen molar-refractivity contribution < 1.29 is 0 Å². The van der Waals surface area contributed by atoms with E-state index in [4.69, 9.17) is 4.98 Å². The van der Waals surface area contributed by atoms with E-state index in [1.54, 1.807) is 11.3 Å². The number of benzene rings is 1. The smallest absolute Gasteiger partial charge is 0.123 e. The molecule has 1 unspecified atom stereocenters. The minimum atomic E-state index is 0.555. The highest BCUT2D eigenvalue weighted by Crippen LogP contribution is 2.23. The van der Waals surface area contributed by atoms with Crippen molar-refractivity contribution in [2.75, 3.05) is 6.54 Å². The number of rotatable bonds is 7. The van der Waals surface area contributed by atoms with Gasteiger partial charge in [-0.25, -0.2) is 9.97 Å². The molecule has 4 nitrogen and oxygen atoms in total. The van der Waals surface area contributed by atoms with Crippen LogP contribution in [0.4, 0.5) is 0 Å². The zero-order valence-electron chi connectivity index (χ0n) is 13.6. The lowest BCUT2D eigenvalue weighted by molar-refractivity contribution is 0.444. The monoisotopic (exact) mass is 326 g/mol. The molecule has 0 radical (unpaired) electrons. The fourth-order valence-corrected chi connectivity index (χ4v) is 3.31. The van der Waals surface area contributed by atoms with E-state index in [-0.39, 0.29) is 0 Å². The van der Waals surface area contributed by atoms with Gasteiger partial charge in [0.25, 0.3) is 0 Å². The Labute approximate surface area is 141 Å². The van der Waals surface area contributed by atoms with Gasteiger partial charge >= 0.3 is 0 Å². The molecule has 0 bridgehead atoms. The van der Waals surface area contributed by atoms with Crippen molar-refractivity contribution in [1.29, 1.82) is 0 Å². The fraction of sp³-hybridized carbons (Fsp3) is 0.333. The minimum Gasteiger partial charge on any atom is -0.337 e. The molecule has 1 atom stereocenters. The number of imidazole rings is 1. The maximum Gasteiger partial charge on any atom is 0.123 e. The molecule has 1 N–H and O–H groups in total. The maximum absolute atomic E-state index is 4.72. The SMILES string of the molecule is Cc1ccc(-c2nc(CNCC(C)Cn3ccnc3)cs2)cc1. The van der Waals surface area contributed by atoms with Crippen molar-refractivity contribution >= 4 is 11.3 Å². The zero-order chi connectivity index (χ0) is 16.1. The first-order valence-corrected chi connectivity index (χ1v) is 8.76. The second kappa shape index (κ2) is 7.53. The Morgan fingerprint density at radius 1 is 1.26 bits per heavy atom. The third-order valence-corrected chi connectivity index (χ3v) is 4.67. The van der Waals surface area contributed by atoms with E-state index in [1.807, 2.05) is 18.7 Å². The third-order valence-electron chi connectivity index (χ3n) is 3.73. The van der Waals surface area contributed by atoms with Crippen molar-refractivity contribution in [3.8, 4) is 10.6 Å². The Balaban J connectivity index is 1.48. The van der Waals surface area contributed by atoms with Gasteiger partial charge in [0.05, 0.1) is 12.0 Å². The minimum absolute atomic E-state index is 0.555. The summed E-state index contributed by atoms with van der Waals surface area (Å²) >= 11 is 1.71. The lowest BCUT2D eigenvalue weighted by Crippen LogP contribution is -2.23. The first-order valence-electron chi connectivity index (χ1n) is 7.88.